The number of piperidine rings is 1. The lowest BCUT2D eigenvalue weighted by Crippen LogP contribution is -2.53. The molecule has 8 heteroatoms. The van der Waals surface area contributed by atoms with Crippen molar-refractivity contribution in [2.75, 3.05) is 13.1 Å². The van der Waals surface area contributed by atoms with E-state index in [1.54, 1.807) is 11.0 Å². The Kier molecular flexibility index (Phi) is 6.74. The zero-order valence-corrected chi connectivity index (χ0v) is 19.4. The number of ketones is 1. The van der Waals surface area contributed by atoms with E-state index in [0.717, 1.165) is 17.7 Å². The second kappa shape index (κ2) is 9.46. The summed E-state index contributed by atoms with van der Waals surface area (Å²) in [4.78, 5) is 27.2. The van der Waals surface area contributed by atoms with Gasteiger partial charge in [0.1, 0.15) is 5.60 Å². The minimum absolute atomic E-state index is 0.0510. The van der Waals surface area contributed by atoms with Crippen LogP contribution in [-0.2, 0) is 22.2 Å². The molecule has 2 aromatic rings. The Morgan fingerprint density at radius 3 is 2.34 bits per heavy atom. The van der Waals surface area contributed by atoms with Gasteiger partial charge in [0, 0.05) is 32.4 Å². The number of nitrogens with zero attached hydrogens (tertiary/aromatic N) is 2. The highest BCUT2D eigenvalue weighted by Crippen LogP contribution is 2.52. The van der Waals surface area contributed by atoms with E-state index in [-0.39, 0.29) is 24.0 Å². The van der Waals surface area contributed by atoms with Gasteiger partial charge in [0.25, 0.3) is 0 Å². The predicted molar refractivity (Wildman–Crippen MR) is 122 cm³/mol. The third kappa shape index (κ3) is 5.10. The largest absolute Gasteiger partial charge is 0.417 e. The molecule has 4 rings (SSSR count). The van der Waals surface area contributed by atoms with Crippen LogP contribution in [0, 0.1) is 23.2 Å². The summed E-state index contributed by atoms with van der Waals surface area (Å²) in [6.07, 6.45) is -3.26. The summed E-state index contributed by atoms with van der Waals surface area (Å²) in [6, 6.07) is 14.3. The number of carbonyl (C=O) groups excluding carboxylic acids is 2. The third-order valence-electron chi connectivity index (χ3n) is 7.38. The molecule has 5 nitrogen and oxygen atoms in total. The maximum Gasteiger partial charge on any atom is 0.417 e. The standard InChI is InChI=1S/C27H27F3N2O3/c1-17(33)32-11-9-21(10-12-32)26(35,15-18-5-3-2-4-6-18)25(34)23-14-22(23)19-7-8-20(16-31)24(13-19)27(28,29)30/h2-8,13,21-23,35H,9-12,14-15H2,1H3. The van der Waals surface area contributed by atoms with Crippen molar-refractivity contribution in [1.82, 2.24) is 4.90 Å². The molecule has 2 aliphatic rings. The summed E-state index contributed by atoms with van der Waals surface area (Å²) in [6.45, 7) is 2.38. The number of amides is 1. The first-order valence-corrected chi connectivity index (χ1v) is 11.7. The molecule has 184 valence electrons. The lowest BCUT2D eigenvalue weighted by Gasteiger charge is -2.41. The molecule has 0 aromatic heterocycles. The monoisotopic (exact) mass is 484 g/mol. The first kappa shape index (κ1) is 24.9. The van der Waals surface area contributed by atoms with Crippen LogP contribution in [0.1, 0.15) is 54.4 Å². The molecule has 1 aliphatic carbocycles. The Morgan fingerprint density at radius 1 is 1.11 bits per heavy atom. The van der Waals surface area contributed by atoms with E-state index in [1.165, 1.54) is 13.0 Å². The number of aliphatic hydroxyl groups is 1. The average molecular weight is 485 g/mol. The molecule has 1 aliphatic heterocycles. The van der Waals surface area contributed by atoms with Gasteiger partial charge in [-0.1, -0.05) is 36.4 Å². The number of hydrogen-bond acceptors (Lipinski definition) is 4. The van der Waals surface area contributed by atoms with Crippen molar-refractivity contribution in [1.29, 1.82) is 5.26 Å². The van der Waals surface area contributed by atoms with Gasteiger partial charge in [0.05, 0.1) is 17.2 Å². The van der Waals surface area contributed by atoms with Crippen molar-refractivity contribution in [2.24, 2.45) is 11.8 Å². The number of carbonyl (C=O) groups is 2. The van der Waals surface area contributed by atoms with Gasteiger partial charge in [-0.25, -0.2) is 0 Å². The second-order valence-electron chi connectivity index (χ2n) is 9.59. The number of halogens is 3. The molecule has 1 saturated carbocycles. The number of rotatable bonds is 6. The lowest BCUT2D eigenvalue weighted by atomic mass is 9.72. The Bertz CT molecular complexity index is 1150. The smallest absolute Gasteiger partial charge is 0.381 e. The van der Waals surface area contributed by atoms with Gasteiger partial charge in [-0.3, -0.25) is 9.59 Å². The van der Waals surface area contributed by atoms with Gasteiger partial charge in [0.2, 0.25) is 5.91 Å². The molecular formula is C27H27F3N2O3. The minimum Gasteiger partial charge on any atom is -0.381 e. The fourth-order valence-electron chi connectivity index (χ4n) is 5.31. The molecule has 1 amide bonds. The molecule has 1 heterocycles. The summed E-state index contributed by atoms with van der Waals surface area (Å²) in [5, 5.41) is 20.9. The molecule has 0 bridgehead atoms. The quantitative estimate of drug-likeness (QED) is 0.656. The maximum absolute atomic E-state index is 13.7. The van der Waals surface area contributed by atoms with E-state index in [0.29, 0.717) is 37.9 Å². The number of likely N-dealkylation sites (tertiary alicyclic amines) is 1. The highest BCUT2D eigenvalue weighted by molar-refractivity contribution is 5.93. The van der Waals surface area contributed by atoms with Crippen LogP contribution in [-0.4, -0.2) is 40.4 Å². The number of benzene rings is 2. The number of Topliss-reactive ketones (excluding diaryl/α,β-unsaturated/α-hetero) is 1. The fourth-order valence-corrected chi connectivity index (χ4v) is 5.31. The van der Waals surface area contributed by atoms with Gasteiger partial charge in [-0.2, -0.15) is 18.4 Å². The highest BCUT2D eigenvalue weighted by atomic mass is 19.4. The average Bonchev–Trinajstić information content (AvgIpc) is 3.64. The summed E-state index contributed by atoms with van der Waals surface area (Å²) in [5.74, 6) is -1.80. The van der Waals surface area contributed by atoms with E-state index < -0.39 is 34.7 Å². The molecular weight excluding hydrogens is 457 g/mol. The zero-order chi connectivity index (χ0) is 25.4. The van der Waals surface area contributed by atoms with E-state index in [9.17, 15) is 27.9 Å². The van der Waals surface area contributed by atoms with Crippen molar-refractivity contribution in [3.8, 4) is 6.07 Å². The van der Waals surface area contributed by atoms with Crippen LogP contribution >= 0.6 is 0 Å². The van der Waals surface area contributed by atoms with Gasteiger partial charge < -0.3 is 10.0 Å². The SMILES string of the molecule is CC(=O)N1CCC(C(O)(Cc2ccccc2)C(=O)C2CC2c2ccc(C#N)c(C(F)(F)F)c2)CC1. The molecule has 2 aromatic carbocycles. The normalized spacial score (nSPS) is 22.2. The summed E-state index contributed by atoms with van der Waals surface area (Å²) >= 11 is 0. The van der Waals surface area contributed by atoms with E-state index in [4.69, 9.17) is 5.26 Å². The van der Waals surface area contributed by atoms with Gasteiger partial charge in [-0.05, 0) is 54.4 Å². The molecule has 0 spiro atoms. The van der Waals surface area contributed by atoms with Crippen LogP contribution in [0.25, 0.3) is 0 Å². The summed E-state index contributed by atoms with van der Waals surface area (Å²) < 4.78 is 40.3. The van der Waals surface area contributed by atoms with Crippen molar-refractivity contribution in [3.05, 3.63) is 70.8 Å². The molecule has 1 N–H and O–H groups in total. The molecule has 35 heavy (non-hydrogen) atoms. The van der Waals surface area contributed by atoms with Crippen molar-refractivity contribution in [2.45, 2.75) is 50.3 Å². The predicted octanol–water partition coefficient (Wildman–Crippen LogP) is 4.48. The Morgan fingerprint density at radius 2 is 1.77 bits per heavy atom. The van der Waals surface area contributed by atoms with Crippen molar-refractivity contribution < 1.29 is 27.9 Å². The van der Waals surface area contributed by atoms with Crippen molar-refractivity contribution >= 4 is 11.7 Å². The molecule has 3 atom stereocenters. The van der Waals surface area contributed by atoms with E-state index >= 15 is 0 Å². The summed E-state index contributed by atoms with van der Waals surface area (Å²) in [7, 11) is 0. The van der Waals surface area contributed by atoms with Crippen LogP contribution < -0.4 is 0 Å². The Labute approximate surface area is 202 Å². The van der Waals surface area contributed by atoms with Gasteiger partial charge in [0.15, 0.2) is 5.78 Å². The Hall–Kier alpha value is -3.18. The first-order chi connectivity index (χ1) is 16.5. The van der Waals surface area contributed by atoms with Crippen LogP contribution in [0.3, 0.4) is 0 Å². The lowest BCUT2D eigenvalue weighted by molar-refractivity contribution is -0.148. The molecule has 2 fully saturated rings. The topological polar surface area (TPSA) is 81.4 Å². The van der Waals surface area contributed by atoms with Crippen LogP contribution in [0.2, 0.25) is 0 Å². The summed E-state index contributed by atoms with van der Waals surface area (Å²) in [5.41, 5.74) is -1.99. The minimum atomic E-state index is -4.67. The van der Waals surface area contributed by atoms with Crippen LogP contribution in [0.15, 0.2) is 48.5 Å². The molecule has 0 radical (unpaired) electrons. The maximum atomic E-state index is 13.7. The number of alkyl halides is 3. The van der Waals surface area contributed by atoms with Crippen LogP contribution in [0.5, 0.6) is 0 Å². The van der Waals surface area contributed by atoms with Crippen molar-refractivity contribution in [3.63, 3.8) is 0 Å². The van der Waals surface area contributed by atoms with Gasteiger partial charge >= 0.3 is 6.18 Å². The van der Waals surface area contributed by atoms with E-state index in [1.807, 2.05) is 30.3 Å². The van der Waals surface area contributed by atoms with E-state index in [2.05, 4.69) is 0 Å². The second-order valence-corrected chi connectivity index (χ2v) is 9.59. The van der Waals surface area contributed by atoms with Gasteiger partial charge in [-0.15, -0.1) is 0 Å². The number of nitriles is 1. The zero-order valence-electron chi connectivity index (χ0n) is 19.4. The number of hydrogen-bond donors (Lipinski definition) is 1. The van der Waals surface area contributed by atoms with Crippen LogP contribution in [0.4, 0.5) is 13.2 Å². The highest BCUT2D eigenvalue weighted by Gasteiger charge is 2.55. The first-order valence-electron chi connectivity index (χ1n) is 11.7. The molecule has 1 saturated heterocycles. The fraction of sp³-hybridized carbons (Fsp3) is 0.444. The molecule has 3 unspecified atom stereocenters. The third-order valence-corrected chi connectivity index (χ3v) is 7.38. The Balaban J connectivity index is 1.59.